The van der Waals surface area contributed by atoms with Crippen molar-refractivity contribution in [3.63, 3.8) is 0 Å². The third-order valence-corrected chi connectivity index (χ3v) is 4.29. The summed E-state index contributed by atoms with van der Waals surface area (Å²) in [4.78, 5) is 0. The maximum Gasteiger partial charge on any atom is 0.176 e. The van der Waals surface area contributed by atoms with Crippen LogP contribution in [0.5, 0.6) is 5.06 Å². The van der Waals surface area contributed by atoms with E-state index in [1.54, 1.807) is 0 Å². The predicted molar refractivity (Wildman–Crippen MR) is 58.9 cm³/mol. The Labute approximate surface area is 94.4 Å². The van der Waals surface area contributed by atoms with Crippen LogP contribution in [0.3, 0.4) is 0 Å². The van der Waals surface area contributed by atoms with Crippen molar-refractivity contribution in [1.29, 1.82) is 0 Å². The van der Waals surface area contributed by atoms with Crippen LogP contribution in [0.25, 0.3) is 0 Å². The minimum absolute atomic E-state index is 0.307. The van der Waals surface area contributed by atoms with Gasteiger partial charge in [0.2, 0.25) is 0 Å². The molecular weight excluding hydrogens is 274 g/mol. The highest BCUT2D eigenvalue weighted by Crippen LogP contribution is 2.37. The molecule has 1 aliphatic rings. The topological polar surface area (TPSA) is 21.3 Å². The van der Waals surface area contributed by atoms with Crippen LogP contribution in [0.4, 0.5) is 0 Å². The SMILES string of the molecule is Clc1sc(OC2CCNC2)cc1Br. The van der Waals surface area contributed by atoms with Crippen molar-refractivity contribution in [1.82, 2.24) is 5.32 Å². The minimum atomic E-state index is 0.307. The Hall–Kier alpha value is 0.230. The standard InChI is InChI=1S/C8H9BrClNOS/c9-6-3-7(13-8(6)10)12-5-1-2-11-4-5/h3,5,11H,1-2,4H2. The van der Waals surface area contributed by atoms with Gasteiger partial charge in [-0.3, -0.25) is 0 Å². The lowest BCUT2D eigenvalue weighted by Crippen LogP contribution is -2.18. The summed E-state index contributed by atoms with van der Waals surface area (Å²) in [5.41, 5.74) is 0. The molecule has 0 saturated carbocycles. The zero-order chi connectivity index (χ0) is 9.26. The summed E-state index contributed by atoms with van der Waals surface area (Å²) in [6.07, 6.45) is 1.38. The van der Waals surface area contributed by atoms with Crippen molar-refractivity contribution < 1.29 is 4.74 Å². The highest BCUT2D eigenvalue weighted by molar-refractivity contribution is 9.10. The number of nitrogens with one attached hydrogen (secondary N) is 1. The fraction of sp³-hybridized carbons (Fsp3) is 0.500. The monoisotopic (exact) mass is 281 g/mol. The summed E-state index contributed by atoms with van der Waals surface area (Å²) < 4.78 is 7.39. The number of hydrogen-bond acceptors (Lipinski definition) is 3. The van der Waals surface area contributed by atoms with E-state index in [0.717, 1.165) is 33.4 Å². The second kappa shape index (κ2) is 4.17. The minimum Gasteiger partial charge on any atom is -0.479 e. The van der Waals surface area contributed by atoms with Crippen LogP contribution in [0, 0.1) is 0 Å². The first-order valence-electron chi connectivity index (χ1n) is 4.08. The van der Waals surface area contributed by atoms with Gasteiger partial charge in [-0.1, -0.05) is 22.9 Å². The van der Waals surface area contributed by atoms with E-state index in [2.05, 4.69) is 21.2 Å². The molecule has 1 aromatic heterocycles. The van der Waals surface area contributed by atoms with E-state index in [9.17, 15) is 0 Å². The predicted octanol–water partition coefficient (Wildman–Crippen LogP) is 2.90. The normalized spacial score (nSPS) is 22.2. The lowest BCUT2D eigenvalue weighted by Gasteiger charge is -2.08. The number of ether oxygens (including phenoxy) is 1. The molecule has 72 valence electrons. The van der Waals surface area contributed by atoms with E-state index >= 15 is 0 Å². The van der Waals surface area contributed by atoms with Crippen molar-refractivity contribution in [2.75, 3.05) is 13.1 Å². The van der Waals surface area contributed by atoms with Crippen LogP contribution in [0.2, 0.25) is 4.34 Å². The van der Waals surface area contributed by atoms with Crippen LogP contribution in [-0.4, -0.2) is 19.2 Å². The largest absolute Gasteiger partial charge is 0.479 e. The molecule has 13 heavy (non-hydrogen) atoms. The molecule has 2 heterocycles. The third kappa shape index (κ3) is 2.37. The van der Waals surface area contributed by atoms with Crippen LogP contribution in [0.1, 0.15) is 6.42 Å². The van der Waals surface area contributed by atoms with Crippen molar-refractivity contribution in [3.05, 3.63) is 14.9 Å². The maximum absolute atomic E-state index is 5.89. The van der Waals surface area contributed by atoms with Gasteiger partial charge in [0, 0.05) is 12.6 Å². The molecule has 0 radical (unpaired) electrons. The summed E-state index contributed by atoms with van der Waals surface area (Å²) in [7, 11) is 0. The van der Waals surface area contributed by atoms with E-state index in [1.807, 2.05) is 6.07 Å². The van der Waals surface area contributed by atoms with Crippen molar-refractivity contribution in [2.24, 2.45) is 0 Å². The Bertz CT molecular complexity index is 279. The second-order valence-electron chi connectivity index (χ2n) is 2.92. The third-order valence-electron chi connectivity index (χ3n) is 1.92. The van der Waals surface area contributed by atoms with Gasteiger partial charge < -0.3 is 10.1 Å². The van der Waals surface area contributed by atoms with Gasteiger partial charge in [0.1, 0.15) is 10.4 Å². The van der Waals surface area contributed by atoms with Crippen molar-refractivity contribution in [3.8, 4) is 5.06 Å². The Balaban J connectivity index is 2.00. The quantitative estimate of drug-likeness (QED) is 0.900. The van der Waals surface area contributed by atoms with Gasteiger partial charge in [-0.05, 0) is 28.9 Å². The molecule has 1 aliphatic heterocycles. The van der Waals surface area contributed by atoms with Crippen molar-refractivity contribution >= 4 is 38.9 Å². The van der Waals surface area contributed by atoms with Gasteiger partial charge in [0.25, 0.3) is 0 Å². The molecule has 1 atom stereocenters. The van der Waals surface area contributed by atoms with Gasteiger partial charge >= 0.3 is 0 Å². The van der Waals surface area contributed by atoms with Crippen LogP contribution < -0.4 is 10.1 Å². The number of hydrogen-bond donors (Lipinski definition) is 1. The molecule has 0 bridgehead atoms. The molecule has 1 fully saturated rings. The fourth-order valence-corrected chi connectivity index (χ4v) is 2.86. The maximum atomic E-state index is 5.89. The summed E-state index contributed by atoms with van der Waals surface area (Å²) in [5, 5.41) is 4.14. The summed E-state index contributed by atoms with van der Waals surface area (Å²) in [6, 6.07) is 1.92. The Morgan fingerprint density at radius 3 is 3.08 bits per heavy atom. The van der Waals surface area contributed by atoms with Gasteiger partial charge in [-0.15, -0.1) is 0 Å². The lowest BCUT2D eigenvalue weighted by atomic mass is 10.3. The molecule has 0 aliphatic carbocycles. The summed E-state index contributed by atoms with van der Waals surface area (Å²) in [6.45, 7) is 1.98. The fourth-order valence-electron chi connectivity index (χ4n) is 1.28. The first-order chi connectivity index (χ1) is 6.25. The highest BCUT2D eigenvalue weighted by Gasteiger charge is 2.17. The van der Waals surface area contributed by atoms with Crippen LogP contribution in [0.15, 0.2) is 10.5 Å². The Kier molecular flexibility index (Phi) is 3.14. The Morgan fingerprint density at radius 2 is 2.54 bits per heavy atom. The smallest absolute Gasteiger partial charge is 0.176 e. The van der Waals surface area contributed by atoms with E-state index in [1.165, 1.54) is 11.3 Å². The van der Waals surface area contributed by atoms with E-state index < -0.39 is 0 Å². The molecule has 1 N–H and O–H groups in total. The zero-order valence-electron chi connectivity index (χ0n) is 6.85. The highest BCUT2D eigenvalue weighted by atomic mass is 79.9. The number of thiophene rings is 1. The molecular formula is C8H9BrClNOS. The van der Waals surface area contributed by atoms with E-state index in [-0.39, 0.29) is 0 Å². The average Bonchev–Trinajstić information content (AvgIpc) is 2.64. The first-order valence-corrected chi connectivity index (χ1v) is 6.06. The zero-order valence-corrected chi connectivity index (χ0v) is 10.0. The van der Waals surface area contributed by atoms with Gasteiger partial charge in [0.15, 0.2) is 5.06 Å². The molecule has 0 amide bonds. The van der Waals surface area contributed by atoms with Gasteiger partial charge in [-0.25, -0.2) is 0 Å². The average molecular weight is 283 g/mol. The number of rotatable bonds is 2. The Morgan fingerprint density at radius 1 is 1.69 bits per heavy atom. The molecule has 1 aromatic rings. The molecule has 2 rings (SSSR count). The molecule has 1 saturated heterocycles. The number of halogens is 2. The molecule has 0 spiro atoms. The summed E-state index contributed by atoms with van der Waals surface area (Å²) in [5.74, 6) is 0. The van der Waals surface area contributed by atoms with E-state index in [0.29, 0.717) is 6.10 Å². The first kappa shape index (κ1) is 9.77. The van der Waals surface area contributed by atoms with Crippen molar-refractivity contribution in [2.45, 2.75) is 12.5 Å². The summed E-state index contributed by atoms with van der Waals surface area (Å²) >= 11 is 10.7. The molecule has 0 aromatic carbocycles. The van der Waals surface area contributed by atoms with Crippen LogP contribution in [-0.2, 0) is 0 Å². The van der Waals surface area contributed by atoms with Gasteiger partial charge in [0.05, 0.1) is 4.47 Å². The molecule has 1 unspecified atom stereocenters. The van der Waals surface area contributed by atoms with Gasteiger partial charge in [-0.2, -0.15) is 0 Å². The van der Waals surface area contributed by atoms with E-state index in [4.69, 9.17) is 16.3 Å². The van der Waals surface area contributed by atoms with Crippen LogP contribution >= 0.6 is 38.9 Å². The molecule has 2 nitrogen and oxygen atoms in total. The second-order valence-corrected chi connectivity index (χ2v) is 5.39. The lowest BCUT2D eigenvalue weighted by molar-refractivity contribution is 0.230. The molecule has 5 heteroatoms.